The second-order valence-corrected chi connectivity index (χ2v) is 5.93. The van der Waals surface area contributed by atoms with Gasteiger partial charge < -0.3 is 10.2 Å². The quantitative estimate of drug-likeness (QED) is 0.911. The molecule has 0 amide bonds. The molecule has 23 heavy (non-hydrogen) atoms. The Hall–Kier alpha value is -1.62. The molecule has 1 saturated heterocycles. The van der Waals surface area contributed by atoms with Gasteiger partial charge in [0, 0.05) is 44.6 Å². The lowest BCUT2D eigenvalue weighted by Gasteiger charge is -2.19. The molecule has 2 aromatic rings. The molecule has 1 atom stereocenters. The van der Waals surface area contributed by atoms with Crippen LogP contribution in [0.2, 0.25) is 0 Å². The van der Waals surface area contributed by atoms with Crippen molar-refractivity contribution in [3.63, 3.8) is 0 Å². The average Bonchev–Trinajstić information content (AvgIpc) is 3.03. The molecule has 1 N–H and O–H groups in total. The molecule has 1 unspecified atom stereocenters. The van der Waals surface area contributed by atoms with Gasteiger partial charge in [0.2, 0.25) is 0 Å². The van der Waals surface area contributed by atoms with Gasteiger partial charge in [-0.2, -0.15) is 0 Å². The number of para-hydroxylation sites is 1. The summed E-state index contributed by atoms with van der Waals surface area (Å²) >= 11 is 0. The Bertz CT molecular complexity index is 588. The number of nitrogens with zero attached hydrogens (tertiary/aromatic N) is 3. The maximum absolute atomic E-state index is 4.62. The van der Waals surface area contributed by atoms with Crippen LogP contribution in [0, 0.1) is 0 Å². The number of likely N-dealkylation sites (N-methyl/N-ethyl adjacent to an activating group) is 1. The molecule has 1 aromatic heterocycles. The molecule has 0 bridgehead atoms. The summed E-state index contributed by atoms with van der Waals surface area (Å²) in [6.45, 7) is 3.28. The van der Waals surface area contributed by atoms with E-state index in [0.29, 0.717) is 6.04 Å². The first kappa shape index (κ1) is 17.7. The molecule has 0 saturated carbocycles. The number of rotatable bonds is 5. The van der Waals surface area contributed by atoms with Gasteiger partial charge in [0.25, 0.3) is 0 Å². The van der Waals surface area contributed by atoms with Crippen LogP contribution in [0.15, 0.2) is 48.7 Å². The second kappa shape index (κ2) is 8.29. The number of likely N-dealkylation sites (tertiary alicyclic amines) is 1. The molecule has 3 rings (SSSR count). The number of pyridine rings is 1. The zero-order valence-corrected chi connectivity index (χ0v) is 14.6. The largest absolute Gasteiger partial charge is 0.329 e. The Balaban J connectivity index is 0.00000192. The highest BCUT2D eigenvalue weighted by atomic mass is 35.5. The zero-order chi connectivity index (χ0) is 15.4. The van der Waals surface area contributed by atoms with E-state index in [-0.39, 0.29) is 12.4 Å². The first-order valence-corrected chi connectivity index (χ1v) is 7.89. The topological polar surface area (TPSA) is 31.4 Å². The third-order valence-electron chi connectivity index (χ3n) is 4.38. The van der Waals surface area contributed by atoms with E-state index in [0.717, 1.165) is 31.1 Å². The summed E-state index contributed by atoms with van der Waals surface area (Å²) in [6.07, 6.45) is 3.24. The van der Waals surface area contributed by atoms with Crippen molar-refractivity contribution in [1.82, 2.24) is 15.2 Å². The van der Waals surface area contributed by atoms with Crippen LogP contribution in [0.3, 0.4) is 0 Å². The minimum atomic E-state index is 0. The van der Waals surface area contributed by atoms with Crippen molar-refractivity contribution in [3.8, 4) is 0 Å². The molecule has 1 aliphatic rings. The lowest BCUT2D eigenvalue weighted by molar-refractivity contribution is 0.322. The predicted molar refractivity (Wildman–Crippen MR) is 98.7 cm³/mol. The van der Waals surface area contributed by atoms with Crippen molar-refractivity contribution in [1.29, 1.82) is 0 Å². The Labute approximate surface area is 144 Å². The molecule has 5 heteroatoms. The van der Waals surface area contributed by atoms with Crippen LogP contribution < -0.4 is 10.2 Å². The van der Waals surface area contributed by atoms with E-state index < -0.39 is 0 Å². The number of halogens is 1. The van der Waals surface area contributed by atoms with E-state index in [9.17, 15) is 0 Å². The van der Waals surface area contributed by atoms with E-state index in [4.69, 9.17) is 0 Å². The lowest BCUT2D eigenvalue weighted by atomic mass is 10.2. The zero-order valence-electron chi connectivity index (χ0n) is 13.8. The summed E-state index contributed by atoms with van der Waals surface area (Å²) in [5.41, 5.74) is 2.43. The van der Waals surface area contributed by atoms with Crippen molar-refractivity contribution in [3.05, 3.63) is 54.2 Å². The lowest BCUT2D eigenvalue weighted by Crippen LogP contribution is -2.29. The van der Waals surface area contributed by atoms with Crippen molar-refractivity contribution >= 4 is 23.9 Å². The van der Waals surface area contributed by atoms with Crippen LogP contribution in [-0.4, -0.2) is 43.1 Å². The standard InChI is InChI=1S/C18H24N4.ClH/c1-19-16-10-11-22(14-16)13-15-8-9-18(20-12-15)21(2)17-6-4-3-5-7-17;/h3-9,12,16,19H,10-11,13-14H2,1-2H3;1H. The van der Waals surface area contributed by atoms with Gasteiger partial charge in [-0.1, -0.05) is 24.3 Å². The third-order valence-corrected chi connectivity index (χ3v) is 4.38. The smallest absolute Gasteiger partial charge is 0.132 e. The van der Waals surface area contributed by atoms with E-state index in [1.54, 1.807) is 0 Å². The minimum absolute atomic E-state index is 0. The van der Waals surface area contributed by atoms with E-state index >= 15 is 0 Å². The SMILES string of the molecule is CNC1CCN(Cc2ccc(N(C)c3ccccc3)nc2)C1.Cl. The molecule has 124 valence electrons. The maximum Gasteiger partial charge on any atom is 0.132 e. The van der Waals surface area contributed by atoms with Crippen molar-refractivity contribution in [2.24, 2.45) is 0 Å². The molecule has 0 spiro atoms. The highest BCUT2D eigenvalue weighted by Crippen LogP contribution is 2.21. The van der Waals surface area contributed by atoms with Gasteiger partial charge in [-0.15, -0.1) is 12.4 Å². The summed E-state index contributed by atoms with van der Waals surface area (Å²) in [7, 11) is 4.10. The van der Waals surface area contributed by atoms with Gasteiger partial charge in [0.05, 0.1) is 0 Å². The highest BCUT2D eigenvalue weighted by Gasteiger charge is 2.20. The molecule has 2 heterocycles. The molecule has 0 aliphatic carbocycles. The fourth-order valence-electron chi connectivity index (χ4n) is 2.96. The monoisotopic (exact) mass is 332 g/mol. The Morgan fingerprint density at radius 2 is 2.00 bits per heavy atom. The number of aromatic nitrogens is 1. The number of benzene rings is 1. The molecule has 1 aliphatic heterocycles. The fourth-order valence-corrected chi connectivity index (χ4v) is 2.96. The predicted octanol–water partition coefficient (Wildman–Crippen LogP) is 3.07. The van der Waals surface area contributed by atoms with Gasteiger partial charge in [0.15, 0.2) is 0 Å². The van der Waals surface area contributed by atoms with E-state index in [1.807, 2.05) is 31.4 Å². The first-order valence-electron chi connectivity index (χ1n) is 7.89. The van der Waals surface area contributed by atoms with Gasteiger partial charge >= 0.3 is 0 Å². The van der Waals surface area contributed by atoms with Crippen molar-refractivity contribution < 1.29 is 0 Å². The number of hydrogen-bond acceptors (Lipinski definition) is 4. The van der Waals surface area contributed by atoms with Crippen molar-refractivity contribution in [2.45, 2.75) is 19.0 Å². The van der Waals surface area contributed by atoms with Gasteiger partial charge in [0.1, 0.15) is 5.82 Å². The Morgan fingerprint density at radius 3 is 2.61 bits per heavy atom. The van der Waals surface area contributed by atoms with Crippen LogP contribution in [0.4, 0.5) is 11.5 Å². The van der Waals surface area contributed by atoms with Gasteiger partial charge in [-0.25, -0.2) is 4.98 Å². The highest BCUT2D eigenvalue weighted by molar-refractivity contribution is 5.85. The molecule has 0 radical (unpaired) electrons. The van der Waals surface area contributed by atoms with E-state index in [1.165, 1.54) is 12.0 Å². The van der Waals surface area contributed by atoms with Crippen LogP contribution in [0.25, 0.3) is 0 Å². The van der Waals surface area contributed by atoms with Crippen LogP contribution in [-0.2, 0) is 6.54 Å². The van der Waals surface area contributed by atoms with Gasteiger partial charge in [-0.3, -0.25) is 4.90 Å². The summed E-state index contributed by atoms with van der Waals surface area (Å²) in [6, 6.07) is 15.2. The second-order valence-electron chi connectivity index (χ2n) is 5.93. The molecular formula is C18H25ClN4. The Morgan fingerprint density at radius 1 is 1.22 bits per heavy atom. The summed E-state index contributed by atoms with van der Waals surface area (Å²) in [5.74, 6) is 0.976. The normalized spacial score (nSPS) is 17.7. The third kappa shape index (κ3) is 4.44. The Kier molecular flexibility index (Phi) is 6.39. The summed E-state index contributed by atoms with van der Waals surface area (Å²) in [4.78, 5) is 9.21. The number of anilines is 2. The van der Waals surface area contributed by atoms with Crippen LogP contribution in [0.1, 0.15) is 12.0 Å². The molecule has 1 fully saturated rings. The average molecular weight is 333 g/mol. The first-order chi connectivity index (χ1) is 10.8. The molecule has 1 aromatic carbocycles. The fraction of sp³-hybridized carbons (Fsp3) is 0.389. The van der Waals surface area contributed by atoms with Crippen molar-refractivity contribution in [2.75, 3.05) is 32.1 Å². The van der Waals surface area contributed by atoms with Crippen LogP contribution in [0.5, 0.6) is 0 Å². The number of hydrogen-bond donors (Lipinski definition) is 1. The summed E-state index contributed by atoms with van der Waals surface area (Å²) < 4.78 is 0. The number of nitrogens with one attached hydrogen (secondary N) is 1. The minimum Gasteiger partial charge on any atom is -0.329 e. The van der Waals surface area contributed by atoms with Crippen LogP contribution >= 0.6 is 12.4 Å². The van der Waals surface area contributed by atoms with Gasteiger partial charge in [-0.05, 0) is 37.2 Å². The maximum atomic E-state index is 4.62. The summed E-state index contributed by atoms with van der Waals surface area (Å²) in [5, 5.41) is 3.36. The van der Waals surface area contributed by atoms with E-state index in [2.05, 4.69) is 51.4 Å². The molecular weight excluding hydrogens is 308 g/mol. The molecule has 4 nitrogen and oxygen atoms in total.